The molecule has 0 unspecified atom stereocenters. The second-order valence-electron chi connectivity index (χ2n) is 15.7. The molecular weight excluding hydrogens is 701 g/mol. The maximum Gasteiger partial charge on any atom is 0.0726 e. The van der Waals surface area contributed by atoms with Gasteiger partial charge in [0.2, 0.25) is 0 Å². The summed E-state index contributed by atoms with van der Waals surface area (Å²) < 4.78 is 2.41. The fourth-order valence-corrected chi connectivity index (χ4v) is 10.4. The van der Waals surface area contributed by atoms with Gasteiger partial charge in [-0.25, -0.2) is 0 Å². The molecule has 2 aliphatic rings. The minimum absolute atomic E-state index is 0.434. The number of nitrogens with zero attached hydrogens (tertiary/aromatic N) is 2. The minimum atomic E-state index is -0.434. The van der Waals surface area contributed by atoms with Crippen molar-refractivity contribution in [2.75, 3.05) is 4.90 Å². The van der Waals surface area contributed by atoms with Crippen molar-refractivity contribution in [2.45, 2.75) is 12.3 Å². The van der Waals surface area contributed by atoms with Crippen LogP contribution < -0.4 is 4.90 Å². The quantitative estimate of drug-likeness (QED) is 0.171. The summed E-state index contributed by atoms with van der Waals surface area (Å²) >= 11 is 0. The Kier molecular flexibility index (Phi) is 7.09. The molecule has 2 nitrogen and oxygen atoms in total. The Hall–Kier alpha value is -7.42. The zero-order chi connectivity index (χ0) is 38.4. The molecule has 0 N–H and O–H groups in total. The fraction of sp³-hybridized carbons (Fsp3) is 0.0357. The molecule has 1 spiro atoms. The molecule has 0 saturated heterocycles. The van der Waals surface area contributed by atoms with Crippen molar-refractivity contribution in [2.24, 2.45) is 0 Å². The molecule has 0 bridgehead atoms. The van der Waals surface area contributed by atoms with Crippen LogP contribution in [0.2, 0.25) is 0 Å². The van der Waals surface area contributed by atoms with Gasteiger partial charge in [0.1, 0.15) is 0 Å². The summed E-state index contributed by atoms with van der Waals surface area (Å²) in [5.41, 5.74) is 20.7. The van der Waals surface area contributed by atoms with Gasteiger partial charge in [-0.05, 0) is 129 Å². The van der Waals surface area contributed by atoms with Gasteiger partial charge in [0, 0.05) is 33.5 Å². The van der Waals surface area contributed by atoms with E-state index in [1.165, 1.54) is 83.0 Å². The Labute approximate surface area is 338 Å². The second kappa shape index (κ2) is 12.5. The van der Waals surface area contributed by atoms with Crippen LogP contribution in [0.5, 0.6) is 0 Å². The van der Waals surface area contributed by atoms with Gasteiger partial charge in [0.05, 0.1) is 16.4 Å². The summed E-state index contributed by atoms with van der Waals surface area (Å²) in [6.45, 7) is 2.24. The normalized spacial score (nSPS) is 13.1. The van der Waals surface area contributed by atoms with Crippen molar-refractivity contribution < 1.29 is 0 Å². The van der Waals surface area contributed by atoms with E-state index in [0.29, 0.717) is 0 Å². The Morgan fingerprint density at radius 3 is 1.60 bits per heavy atom. The highest BCUT2D eigenvalue weighted by Gasteiger charge is 2.51. The molecule has 2 aliphatic carbocycles. The van der Waals surface area contributed by atoms with Crippen molar-refractivity contribution in [3.05, 3.63) is 240 Å². The van der Waals surface area contributed by atoms with E-state index in [-0.39, 0.29) is 0 Å². The second-order valence-corrected chi connectivity index (χ2v) is 15.7. The summed E-state index contributed by atoms with van der Waals surface area (Å²) in [5.74, 6) is 0. The third kappa shape index (κ3) is 4.54. The van der Waals surface area contributed by atoms with Crippen LogP contribution >= 0.6 is 0 Å². The highest BCUT2D eigenvalue weighted by Crippen LogP contribution is 2.63. The monoisotopic (exact) mass is 738 g/mol. The molecule has 0 saturated carbocycles. The van der Waals surface area contributed by atoms with Gasteiger partial charge in [0.15, 0.2) is 0 Å². The van der Waals surface area contributed by atoms with E-state index in [0.717, 1.165) is 22.7 Å². The first-order valence-corrected chi connectivity index (χ1v) is 20.2. The van der Waals surface area contributed by atoms with E-state index >= 15 is 0 Å². The van der Waals surface area contributed by atoms with Crippen LogP contribution in [0.4, 0.5) is 17.1 Å². The van der Waals surface area contributed by atoms with Gasteiger partial charge >= 0.3 is 0 Å². The number of aromatic nitrogens is 1. The number of anilines is 3. The van der Waals surface area contributed by atoms with E-state index in [2.05, 4.69) is 229 Å². The molecule has 2 heteroatoms. The fourth-order valence-electron chi connectivity index (χ4n) is 10.4. The lowest BCUT2D eigenvalue weighted by molar-refractivity contribution is 0.793. The van der Waals surface area contributed by atoms with Crippen LogP contribution in [-0.2, 0) is 5.41 Å². The first-order chi connectivity index (χ1) is 28.7. The molecule has 10 aromatic rings. The standard InChI is InChI=1S/C56H38N2/c1-37-16-14-29-54-55(37)48-35-42(31-33-53(48)58(54)40-20-6-3-7-21-40)57(41-22-15-19-39(34-41)38-17-4-2-5-18-38)43-30-32-47-46-25-10-13-28-51(46)56(52(47)36-43)49-26-11-8-23-44(49)45-24-9-12-27-50(45)56/h2-36H,1H3. The smallest absolute Gasteiger partial charge is 0.0726 e. The largest absolute Gasteiger partial charge is 0.310 e. The molecule has 0 atom stereocenters. The molecule has 1 aromatic heterocycles. The molecule has 12 rings (SSSR count). The lowest BCUT2D eigenvalue weighted by Crippen LogP contribution is -2.26. The lowest BCUT2D eigenvalue weighted by atomic mass is 9.70. The van der Waals surface area contributed by atoms with E-state index in [9.17, 15) is 0 Å². The molecule has 58 heavy (non-hydrogen) atoms. The number of aryl methyl sites for hydroxylation is 1. The zero-order valence-electron chi connectivity index (χ0n) is 32.1. The highest BCUT2D eigenvalue weighted by atomic mass is 15.1. The number of fused-ring (bicyclic) bond motifs is 13. The third-order valence-corrected chi connectivity index (χ3v) is 12.7. The van der Waals surface area contributed by atoms with Crippen molar-refractivity contribution in [3.63, 3.8) is 0 Å². The SMILES string of the molecule is Cc1cccc2c1c1cc(N(c3cccc(-c4ccccc4)c3)c3ccc4c(c3)C3(c5ccccc5-c5ccccc53)c3ccccc3-4)ccc1n2-c1ccccc1. The number of rotatable bonds is 5. The van der Waals surface area contributed by atoms with E-state index < -0.39 is 5.41 Å². The molecule has 0 amide bonds. The lowest BCUT2D eigenvalue weighted by Gasteiger charge is -2.32. The summed E-state index contributed by atoms with van der Waals surface area (Å²) in [5, 5.41) is 2.52. The van der Waals surface area contributed by atoms with Crippen LogP contribution in [-0.4, -0.2) is 4.57 Å². The van der Waals surface area contributed by atoms with Crippen molar-refractivity contribution in [1.82, 2.24) is 4.57 Å². The van der Waals surface area contributed by atoms with Gasteiger partial charge < -0.3 is 9.47 Å². The number of hydrogen-bond acceptors (Lipinski definition) is 1. The Morgan fingerprint density at radius 2 is 0.914 bits per heavy atom. The summed E-state index contributed by atoms with van der Waals surface area (Å²) in [4.78, 5) is 2.47. The molecule has 272 valence electrons. The maximum absolute atomic E-state index is 2.49. The molecule has 0 fully saturated rings. The predicted molar refractivity (Wildman–Crippen MR) is 242 cm³/mol. The molecule has 0 aliphatic heterocycles. The van der Waals surface area contributed by atoms with E-state index in [1.54, 1.807) is 0 Å². The van der Waals surface area contributed by atoms with Crippen molar-refractivity contribution >= 4 is 38.9 Å². The van der Waals surface area contributed by atoms with Gasteiger partial charge in [-0.3, -0.25) is 0 Å². The van der Waals surface area contributed by atoms with Crippen LogP contribution in [0.25, 0.3) is 60.9 Å². The molecule has 9 aromatic carbocycles. The average molecular weight is 739 g/mol. The van der Waals surface area contributed by atoms with Crippen LogP contribution in [0.1, 0.15) is 27.8 Å². The first-order valence-electron chi connectivity index (χ1n) is 20.2. The topological polar surface area (TPSA) is 8.17 Å². The third-order valence-electron chi connectivity index (χ3n) is 12.7. The van der Waals surface area contributed by atoms with Crippen LogP contribution in [0, 0.1) is 6.92 Å². The number of benzene rings is 9. The van der Waals surface area contributed by atoms with E-state index in [4.69, 9.17) is 0 Å². The zero-order valence-corrected chi connectivity index (χ0v) is 32.1. The van der Waals surface area contributed by atoms with Crippen molar-refractivity contribution in [3.8, 4) is 39.1 Å². The maximum atomic E-state index is 2.49. The summed E-state index contributed by atoms with van der Waals surface area (Å²) in [7, 11) is 0. The molecule has 0 radical (unpaired) electrons. The number of para-hydroxylation sites is 1. The van der Waals surface area contributed by atoms with Gasteiger partial charge in [-0.15, -0.1) is 0 Å². The van der Waals surface area contributed by atoms with Crippen molar-refractivity contribution in [1.29, 1.82) is 0 Å². The summed E-state index contributed by atoms with van der Waals surface area (Å²) in [6, 6.07) is 78.5. The predicted octanol–water partition coefficient (Wildman–Crippen LogP) is 14.6. The molecular formula is C56H38N2. The number of hydrogen-bond donors (Lipinski definition) is 0. The average Bonchev–Trinajstić information content (AvgIpc) is 3.89. The minimum Gasteiger partial charge on any atom is -0.310 e. The van der Waals surface area contributed by atoms with Gasteiger partial charge in [0.25, 0.3) is 0 Å². The van der Waals surface area contributed by atoms with Gasteiger partial charge in [-0.2, -0.15) is 0 Å². The molecule has 1 heterocycles. The first kappa shape index (κ1) is 32.8. The Balaban J connectivity index is 1.14. The Morgan fingerprint density at radius 1 is 0.379 bits per heavy atom. The van der Waals surface area contributed by atoms with Crippen LogP contribution in [0.15, 0.2) is 212 Å². The van der Waals surface area contributed by atoms with Gasteiger partial charge in [-0.1, -0.05) is 152 Å². The summed E-state index contributed by atoms with van der Waals surface area (Å²) in [6.07, 6.45) is 0. The van der Waals surface area contributed by atoms with E-state index in [1.807, 2.05) is 0 Å². The highest BCUT2D eigenvalue weighted by molar-refractivity contribution is 6.12. The Bertz CT molecular complexity index is 3180. The van der Waals surface area contributed by atoms with Crippen LogP contribution in [0.3, 0.4) is 0 Å².